The third-order valence-electron chi connectivity index (χ3n) is 4.22. The molecule has 24 heavy (non-hydrogen) atoms. The minimum Gasteiger partial charge on any atom is -0.484 e. The highest BCUT2D eigenvalue weighted by Gasteiger charge is 2.42. The molecule has 1 aromatic rings. The van der Waals surface area contributed by atoms with Crippen LogP contribution in [0.1, 0.15) is 19.3 Å². The van der Waals surface area contributed by atoms with Crippen molar-refractivity contribution in [2.75, 3.05) is 18.1 Å². The Morgan fingerprint density at radius 1 is 1.29 bits per heavy atom. The summed E-state index contributed by atoms with van der Waals surface area (Å²) in [6, 6.07) is 5.43. The van der Waals surface area contributed by atoms with Gasteiger partial charge in [0.05, 0.1) is 22.5 Å². The highest BCUT2D eigenvalue weighted by molar-refractivity contribution is 7.91. The fourth-order valence-electron chi connectivity index (χ4n) is 2.96. The van der Waals surface area contributed by atoms with Crippen LogP contribution in [0.2, 0.25) is 0 Å². The monoisotopic (exact) mass is 354 g/mol. The van der Waals surface area contributed by atoms with Crippen LogP contribution in [0.25, 0.3) is 0 Å². The predicted octanol–water partition coefficient (Wildman–Crippen LogP) is 1.15. The average Bonchev–Trinajstić information content (AvgIpc) is 3.29. The van der Waals surface area contributed by atoms with Crippen LogP contribution in [0, 0.1) is 10.1 Å². The van der Waals surface area contributed by atoms with Crippen molar-refractivity contribution in [3.63, 3.8) is 0 Å². The lowest BCUT2D eigenvalue weighted by Crippen LogP contribution is -2.45. The summed E-state index contributed by atoms with van der Waals surface area (Å²) in [6.45, 7) is -0.256. The van der Waals surface area contributed by atoms with E-state index >= 15 is 0 Å². The molecule has 1 aliphatic heterocycles. The largest absolute Gasteiger partial charge is 0.484 e. The van der Waals surface area contributed by atoms with Crippen molar-refractivity contribution in [1.29, 1.82) is 0 Å². The number of hydrogen-bond acceptors (Lipinski definition) is 6. The van der Waals surface area contributed by atoms with Crippen molar-refractivity contribution < 1.29 is 22.9 Å². The van der Waals surface area contributed by atoms with E-state index in [0.29, 0.717) is 6.42 Å². The van der Waals surface area contributed by atoms with Crippen LogP contribution in [0.15, 0.2) is 24.3 Å². The summed E-state index contributed by atoms with van der Waals surface area (Å²) in [5.74, 6) is 0.0878. The average molecular weight is 354 g/mol. The number of amides is 1. The maximum absolute atomic E-state index is 12.5. The molecule has 8 nitrogen and oxygen atoms in total. The zero-order valence-corrected chi connectivity index (χ0v) is 13.8. The molecule has 1 heterocycles. The van der Waals surface area contributed by atoms with E-state index in [1.165, 1.54) is 18.2 Å². The van der Waals surface area contributed by atoms with E-state index in [-0.39, 0.29) is 47.5 Å². The zero-order valence-electron chi connectivity index (χ0n) is 13.0. The first-order chi connectivity index (χ1) is 11.4. The van der Waals surface area contributed by atoms with Crippen molar-refractivity contribution >= 4 is 21.4 Å². The second kappa shape index (κ2) is 6.39. The number of hydrogen-bond donors (Lipinski definition) is 0. The van der Waals surface area contributed by atoms with Gasteiger partial charge in [-0.15, -0.1) is 0 Å². The molecule has 0 N–H and O–H groups in total. The van der Waals surface area contributed by atoms with Crippen molar-refractivity contribution in [2.45, 2.75) is 31.3 Å². The molecule has 0 bridgehead atoms. The number of rotatable bonds is 6. The van der Waals surface area contributed by atoms with Crippen LogP contribution in [0.5, 0.6) is 5.75 Å². The lowest BCUT2D eigenvalue weighted by molar-refractivity contribution is -0.384. The molecule has 0 radical (unpaired) electrons. The van der Waals surface area contributed by atoms with E-state index in [0.717, 1.165) is 12.8 Å². The summed E-state index contributed by atoms with van der Waals surface area (Å²) in [6.07, 6.45) is 2.21. The van der Waals surface area contributed by atoms with E-state index in [1.54, 1.807) is 11.0 Å². The smallest absolute Gasteiger partial charge is 0.273 e. The van der Waals surface area contributed by atoms with Gasteiger partial charge in [-0.3, -0.25) is 14.9 Å². The van der Waals surface area contributed by atoms with Crippen molar-refractivity contribution in [2.24, 2.45) is 0 Å². The summed E-state index contributed by atoms with van der Waals surface area (Å²) in [5, 5.41) is 10.7. The Bertz CT molecular complexity index is 759. The Hall–Kier alpha value is -2.16. The maximum Gasteiger partial charge on any atom is 0.273 e. The van der Waals surface area contributed by atoms with Gasteiger partial charge in [-0.2, -0.15) is 0 Å². The van der Waals surface area contributed by atoms with Crippen molar-refractivity contribution in [3.05, 3.63) is 34.4 Å². The van der Waals surface area contributed by atoms with E-state index < -0.39 is 14.8 Å². The van der Waals surface area contributed by atoms with Gasteiger partial charge in [0, 0.05) is 18.2 Å². The number of nitro benzene ring substituents is 1. The van der Waals surface area contributed by atoms with Crippen LogP contribution in [0.4, 0.5) is 5.69 Å². The van der Waals surface area contributed by atoms with Gasteiger partial charge in [0.1, 0.15) is 5.75 Å². The number of sulfone groups is 1. The van der Waals surface area contributed by atoms with E-state index in [4.69, 9.17) is 4.74 Å². The maximum atomic E-state index is 12.5. The topological polar surface area (TPSA) is 107 Å². The molecule has 1 aromatic carbocycles. The van der Waals surface area contributed by atoms with Gasteiger partial charge < -0.3 is 9.64 Å². The first-order valence-corrected chi connectivity index (χ1v) is 9.57. The molecule has 0 unspecified atom stereocenters. The van der Waals surface area contributed by atoms with Gasteiger partial charge >= 0.3 is 0 Å². The third-order valence-corrected chi connectivity index (χ3v) is 5.97. The molecule has 2 fully saturated rings. The molecular formula is C15H18N2O6S. The van der Waals surface area contributed by atoms with Gasteiger partial charge in [0.15, 0.2) is 16.4 Å². The van der Waals surface area contributed by atoms with E-state index in [2.05, 4.69) is 0 Å². The van der Waals surface area contributed by atoms with Crippen LogP contribution in [0.3, 0.4) is 0 Å². The number of carbonyl (C=O) groups excluding carboxylic acids is 1. The number of nitro groups is 1. The van der Waals surface area contributed by atoms with Gasteiger partial charge in [-0.1, -0.05) is 6.07 Å². The SMILES string of the molecule is O=C(COc1cccc([N+](=O)[O-])c1)N(C1CC1)[C@H]1CCS(=O)(=O)C1. The number of benzene rings is 1. The molecule has 2 aliphatic rings. The van der Waals surface area contributed by atoms with Crippen LogP contribution >= 0.6 is 0 Å². The Labute approximate surface area is 139 Å². The highest BCUT2D eigenvalue weighted by atomic mass is 32.2. The molecule has 3 rings (SSSR count). The zero-order chi connectivity index (χ0) is 17.3. The van der Waals surface area contributed by atoms with E-state index in [9.17, 15) is 23.3 Å². The summed E-state index contributed by atoms with van der Waals surface area (Å²) < 4.78 is 28.7. The molecule has 1 amide bonds. The normalized spacial score (nSPS) is 22.1. The van der Waals surface area contributed by atoms with Gasteiger partial charge in [0.25, 0.3) is 11.6 Å². The lowest BCUT2D eigenvalue weighted by Gasteiger charge is -2.28. The number of carbonyl (C=O) groups is 1. The summed E-state index contributed by atoms with van der Waals surface area (Å²) in [5.41, 5.74) is -0.110. The number of nitrogens with zero attached hydrogens (tertiary/aromatic N) is 2. The Morgan fingerprint density at radius 2 is 2.04 bits per heavy atom. The first kappa shape index (κ1) is 16.7. The van der Waals surface area contributed by atoms with Gasteiger partial charge in [-0.25, -0.2) is 8.42 Å². The Balaban J connectivity index is 1.64. The molecule has 1 saturated heterocycles. The number of ether oxygens (including phenoxy) is 1. The van der Waals surface area contributed by atoms with E-state index in [1.807, 2.05) is 0 Å². The first-order valence-electron chi connectivity index (χ1n) is 7.74. The molecule has 0 aromatic heterocycles. The predicted molar refractivity (Wildman–Crippen MR) is 85.5 cm³/mol. The fraction of sp³-hybridized carbons (Fsp3) is 0.533. The summed E-state index contributed by atoms with van der Waals surface area (Å²) in [4.78, 5) is 24.3. The molecule has 1 atom stereocenters. The lowest BCUT2D eigenvalue weighted by atomic mass is 10.2. The van der Waals surface area contributed by atoms with Crippen LogP contribution < -0.4 is 4.74 Å². The number of non-ortho nitro benzene ring substituents is 1. The second-order valence-corrected chi connectivity index (χ2v) is 8.36. The molecule has 1 aliphatic carbocycles. The third kappa shape index (κ3) is 3.84. The quantitative estimate of drug-likeness (QED) is 0.560. The van der Waals surface area contributed by atoms with Gasteiger partial charge in [-0.05, 0) is 25.3 Å². The minimum absolute atomic E-state index is 0.00600. The molecule has 0 spiro atoms. The Morgan fingerprint density at radius 3 is 2.62 bits per heavy atom. The highest BCUT2D eigenvalue weighted by Crippen LogP contribution is 2.32. The molecule has 9 heteroatoms. The Kier molecular flexibility index (Phi) is 4.44. The van der Waals surface area contributed by atoms with Gasteiger partial charge in [0.2, 0.25) is 0 Å². The van der Waals surface area contributed by atoms with Crippen molar-refractivity contribution in [3.8, 4) is 5.75 Å². The summed E-state index contributed by atoms with van der Waals surface area (Å²) in [7, 11) is -3.07. The standard InChI is InChI=1S/C15H18N2O6S/c18-15(9-23-14-3-1-2-12(8-14)17(19)20)16(11-4-5-11)13-6-7-24(21,22)10-13/h1-3,8,11,13H,4-7,9-10H2/t13-/m0/s1. The second-order valence-electron chi connectivity index (χ2n) is 6.13. The summed E-state index contributed by atoms with van der Waals surface area (Å²) >= 11 is 0. The molecular weight excluding hydrogens is 336 g/mol. The van der Waals surface area contributed by atoms with Crippen LogP contribution in [-0.4, -0.2) is 54.3 Å². The minimum atomic E-state index is -3.07. The molecule has 1 saturated carbocycles. The molecule has 130 valence electrons. The van der Waals surface area contributed by atoms with Crippen molar-refractivity contribution in [1.82, 2.24) is 4.90 Å². The fourth-order valence-corrected chi connectivity index (χ4v) is 4.67. The van der Waals surface area contributed by atoms with Crippen LogP contribution in [-0.2, 0) is 14.6 Å².